The average Bonchev–Trinajstić information content (AvgIpc) is 3.25. The summed E-state index contributed by atoms with van der Waals surface area (Å²) >= 11 is 0. The summed E-state index contributed by atoms with van der Waals surface area (Å²) in [6.45, 7) is 2.89. The molecule has 1 aliphatic heterocycles. The molecule has 3 aromatic rings. The zero-order valence-electron chi connectivity index (χ0n) is 16.1. The highest BCUT2D eigenvalue weighted by Gasteiger charge is 2.17. The Labute approximate surface area is 169 Å². The second kappa shape index (κ2) is 8.86. The monoisotopic (exact) mass is 388 g/mol. The number of nitrogens with one attached hydrogen (secondary N) is 2. The molecular formula is C23H24N4O2. The minimum absolute atomic E-state index is 0.529. The molecule has 3 N–H and O–H groups in total. The number of carbonyl (C=O) groups is 1. The minimum Gasteiger partial charge on any atom is -0.298 e. The maximum Gasteiger partial charge on any atom is 0.267 e. The van der Waals surface area contributed by atoms with Crippen molar-refractivity contribution in [3.63, 3.8) is 0 Å². The van der Waals surface area contributed by atoms with Gasteiger partial charge in [0.05, 0.1) is 5.69 Å². The van der Waals surface area contributed by atoms with Crippen LogP contribution in [-0.2, 0) is 24.2 Å². The Kier molecular flexibility index (Phi) is 5.84. The fourth-order valence-corrected chi connectivity index (χ4v) is 3.77. The summed E-state index contributed by atoms with van der Waals surface area (Å²) in [6, 6.07) is 16.5. The number of hydroxylamine groups is 1. The number of amides is 1. The summed E-state index contributed by atoms with van der Waals surface area (Å²) < 4.78 is 0. The molecule has 6 nitrogen and oxygen atoms in total. The van der Waals surface area contributed by atoms with E-state index in [1.54, 1.807) is 11.6 Å². The smallest absolute Gasteiger partial charge is 0.267 e. The van der Waals surface area contributed by atoms with Gasteiger partial charge in [-0.3, -0.25) is 20.0 Å². The Balaban J connectivity index is 1.41. The SMILES string of the molecule is O=C(/C=C/c1ccc2c(c1)CN(CCc1c[nH]nc1-c1ccccc1)CC2)NO. The zero-order valence-corrected chi connectivity index (χ0v) is 16.1. The first-order valence-electron chi connectivity index (χ1n) is 9.77. The first-order chi connectivity index (χ1) is 14.2. The molecule has 6 heteroatoms. The molecule has 148 valence electrons. The van der Waals surface area contributed by atoms with Crippen LogP contribution in [0.25, 0.3) is 17.3 Å². The summed E-state index contributed by atoms with van der Waals surface area (Å²) in [5.74, 6) is -0.529. The lowest BCUT2D eigenvalue weighted by Crippen LogP contribution is -2.32. The van der Waals surface area contributed by atoms with Crippen molar-refractivity contribution in [2.75, 3.05) is 13.1 Å². The summed E-state index contributed by atoms with van der Waals surface area (Å²) in [4.78, 5) is 13.6. The van der Waals surface area contributed by atoms with E-state index in [-0.39, 0.29) is 0 Å². The highest BCUT2D eigenvalue weighted by molar-refractivity contribution is 5.90. The van der Waals surface area contributed by atoms with Crippen molar-refractivity contribution in [3.05, 3.63) is 83.1 Å². The number of benzene rings is 2. The molecule has 4 rings (SSSR count). The predicted octanol–water partition coefficient (Wildman–Crippen LogP) is 3.20. The predicted molar refractivity (Wildman–Crippen MR) is 112 cm³/mol. The molecule has 0 atom stereocenters. The second-order valence-electron chi connectivity index (χ2n) is 7.24. The number of fused-ring (bicyclic) bond motifs is 1. The Morgan fingerprint density at radius 2 is 2.07 bits per heavy atom. The maximum atomic E-state index is 11.2. The van der Waals surface area contributed by atoms with Crippen LogP contribution in [0.5, 0.6) is 0 Å². The molecule has 0 saturated carbocycles. The van der Waals surface area contributed by atoms with E-state index in [2.05, 4.69) is 39.4 Å². The van der Waals surface area contributed by atoms with E-state index in [0.717, 1.165) is 49.3 Å². The Hall–Kier alpha value is -3.22. The van der Waals surface area contributed by atoms with Gasteiger partial charge in [-0.1, -0.05) is 48.5 Å². The lowest BCUT2D eigenvalue weighted by atomic mass is 9.96. The molecule has 0 spiro atoms. The third-order valence-corrected chi connectivity index (χ3v) is 5.32. The molecule has 1 aromatic heterocycles. The lowest BCUT2D eigenvalue weighted by Gasteiger charge is -2.29. The van der Waals surface area contributed by atoms with E-state index in [0.29, 0.717) is 0 Å². The van der Waals surface area contributed by atoms with Crippen molar-refractivity contribution in [3.8, 4) is 11.3 Å². The third kappa shape index (κ3) is 4.62. The van der Waals surface area contributed by atoms with Crippen LogP contribution in [0.4, 0.5) is 0 Å². The number of aromatic amines is 1. The van der Waals surface area contributed by atoms with Gasteiger partial charge in [-0.15, -0.1) is 0 Å². The average molecular weight is 388 g/mol. The van der Waals surface area contributed by atoms with Gasteiger partial charge in [0.1, 0.15) is 0 Å². The van der Waals surface area contributed by atoms with E-state index in [9.17, 15) is 4.79 Å². The van der Waals surface area contributed by atoms with E-state index in [4.69, 9.17) is 5.21 Å². The van der Waals surface area contributed by atoms with E-state index in [1.165, 1.54) is 22.8 Å². The van der Waals surface area contributed by atoms with Crippen LogP contribution >= 0.6 is 0 Å². The van der Waals surface area contributed by atoms with Gasteiger partial charge in [0.15, 0.2) is 0 Å². The number of nitrogens with zero attached hydrogens (tertiary/aromatic N) is 2. The van der Waals surface area contributed by atoms with Gasteiger partial charge in [-0.05, 0) is 41.2 Å². The van der Waals surface area contributed by atoms with Crippen LogP contribution in [0.1, 0.15) is 22.3 Å². The van der Waals surface area contributed by atoms with Crippen molar-refractivity contribution in [1.82, 2.24) is 20.6 Å². The van der Waals surface area contributed by atoms with Crippen molar-refractivity contribution in [1.29, 1.82) is 0 Å². The third-order valence-electron chi connectivity index (χ3n) is 5.32. The highest BCUT2D eigenvalue weighted by Crippen LogP contribution is 2.24. The summed E-state index contributed by atoms with van der Waals surface area (Å²) in [6.07, 6.45) is 6.99. The quantitative estimate of drug-likeness (QED) is 0.344. The number of hydrogen-bond acceptors (Lipinski definition) is 4. The zero-order chi connectivity index (χ0) is 20.1. The van der Waals surface area contributed by atoms with Crippen LogP contribution in [0.3, 0.4) is 0 Å². The maximum absolute atomic E-state index is 11.2. The fourth-order valence-electron chi connectivity index (χ4n) is 3.77. The first kappa shape index (κ1) is 19.1. The number of H-pyrrole nitrogens is 1. The minimum atomic E-state index is -0.529. The van der Waals surface area contributed by atoms with Gasteiger partial charge in [0.2, 0.25) is 0 Å². The van der Waals surface area contributed by atoms with Crippen LogP contribution < -0.4 is 5.48 Å². The lowest BCUT2D eigenvalue weighted by molar-refractivity contribution is -0.124. The molecule has 0 radical (unpaired) electrons. The van der Waals surface area contributed by atoms with Crippen LogP contribution in [-0.4, -0.2) is 39.3 Å². The normalized spacial score (nSPS) is 14.1. The van der Waals surface area contributed by atoms with Crippen molar-refractivity contribution >= 4 is 12.0 Å². The van der Waals surface area contributed by atoms with Crippen molar-refractivity contribution < 1.29 is 10.0 Å². The van der Waals surface area contributed by atoms with E-state index < -0.39 is 5.91 Å². The van der Waals surface area contributed by atoms with Crippen LogP contribution in [0, 0.1) is 0 Å². The Morgan fingerprint density at radius 1 is 1.21 bits per heavy atom. The molecule has 0 aliphatic carbocycles. The number of aromatic nitrogens is 2. The highest BCUT2D eigenvalue weighted by atomic mass is 16.5. The Morgan fingerprint density at radius 3 is 2.90 bits per heavy atom. The topological polar surface area (TPSA) is 81.2 Å². The van der Waals surface area contributed by atoms with Gasteiger partial charge in [-0.25, -0.2) is 5.48 Å². The standard InChI is InChI=1S/C23H24N4O2/c28-22(26-29)9-7-17-6-8-18-10-12-27(16-21(18)14-17)13-11-20-15-24-25-23(20)19-4-2-1-3-5-19/h1-9,14-15,29H,10-13,16H2,(H,24,25)(H,26,28)/b9-7+. The molecule has 29 heavy (non-hydrogen) atoms. The fraction of sp³-hybridized carbons (Fsp3) is 0.217. The molecule has 2 heterocycles. The number of hydrogen-bond donors (Lipinski definition) is 3. The van der Waals surface area contributed by atoms with Crippen molar-refractivity contribution in [2.24, 2.45) is 0 Å². The summed E-state index contributed by atoms with van der Waals surface area (Å²) in [5, 5.41) is 16.1. The molecule has 0 bridgehead atoms. The molecule has 0 unspecified atom stereocenters. The molecule has 0 saturated heterocycles. The molecule has 0 fully saturated rings. The van der Waals surface area contributed by atoms with E-state index in [1.807, 2.05) is 30.5 Å². The van der Waals surface area contributed by atoms with Gasteiger partial charge >= 0.3 is 0 Å². The largest absolute Gasteiger partial charge is 0.298 e. The van der Waals surface area contributed by atoms with Gasteiger partial charge < -0.3 is 0 Å². The molecule has 1 amide bonds. The van der Waals surface area contributed by atoms with Gasteiger partial charge in [-0.2, -0.15) is 5.10 Å². The van der Waals surface area contributed by atoms with Gasteiger partial charge in [0.25, 0.3) is 5.91 Å². The van der Waals surface area contributed by atoms with Gasteiger partial charge in [0, 0.05) is 37.5 Å². The van der Waals surface area contributed by atoms with Crippen molar-refractivity contribution in [2.45, 2.75) is 19.4 Å². The number of carbonyl (C=O) groups excluding carboxylic acids is 1. The number of rotatable bonds is 6. The molecule has 1 aliphatic rings. The summed E-state index contributed by atoms with van der Waals surface area (Å²) in [5.41, 5.74) is 8.60. The summed E-state index contributed by atoms with van der Waals surface area (Å²) in [7, 11) is 0. The van der Waals surface area contributed by atoms with Crippen LogP contribution in [0.2, 0.25) is 0 Å². The van der Waals surface area contributed by atoms with Crippen LogP contribution in [0.15, 0.2) is 60.8 Å². The Bertz CT molecular complexity index is 1010. The second-order valence-corrected chi connectivity index (χ2v) is 7.24. The first-order valence-corrected chi connectivity index (χ1v) is 9.77. The molecule has 2 aromatic carbocycles. The van der Waals surface area contributed by atoms with E-state index >= 15 is 0 Å². The molecular weight excluding hydrogens is 364 g/mol.